The smallest absolute Gasteiger partial charge is 0.433 e. The van der Waals surface area contributed by atoms with Gasteiger partial charge in [0.25, 0.3) is 5.91 Å². The summed E-state index contributed by atoms with van der Waals surface area (Å²) in [6.45, 7) is 14.7. The SMILES string of the molecule is C=CCC[C@](C)(NC(=O)[C@@H]1C[C@@H](Oc2cc(C(F)(F)F)nc3ccccc23)CN1C(=O)[C@@H](NC(=O)OC(C)(C)C)C(C)(C)C)C(=O)NS(=O)(=O)C1CC1. The van der Waals surface area contributed by atoms with Crippen LogP contribution in [0.2, 0.25) is 0 Å². The van der Waals surface area contributed by atoms with E-state index in [4.69, 9.17) is 9.47 Å². The fraction of sp³-hybridized carbons (Fsp3) is 0.583. The van der Waals surface area contributed by atoms with Crippen molar-refractivity contribution >= 4 is 44.7 Å². The summed E-state index contributed by atoms with van der Waals surface area (Å²) in [4.78, 5) is 60.0. The Balaban J connectivity index is 1.72. The third-order valence-corrected chi connectivity index (χ3v) is 10.7. The number of hydrogen-bond donors (Lipinski definition) is 3. The number of halogens is 3. The maximum absolute atomic E-state index is 14.4. The summed E-state index contributed by atoms with van der Waals surface area (Å²) in [5, 5.41) is 4.78. The fourth-order valence-electron chi connectivity index (χ4n) is 5.86. The third kappa shape index (κ3) is 10.4. The summed E-state index contributed by atoms with van der Waals surface area (Å²) in [5.41, 5.74) is -4.83. The van der Waals surface area contributed by atoms with E-state index in [2.05, 4.69) is 26.9 Å². The van der Waals surface area contributed by atoms with Crippen molar-refractivity contribution in [1.29, 1.82) is 0 Å². The molecule has 1 aromatic carbocycles. The van der Waals surface area contributed by atoms with Crippen molar-refractivity contribution in [2.45, 2.75) is 121 Å². The zero-order valence-electron chi connectivity index (χ0n) is 30.9. The number of pyridine rings is 1. The largest absolute Gasteiger partial charge is 0.488 e. The molecule has 1 saturated carbocycles. The molecule has 13 nitrogen and oxygen atoms in total. The van der Waals surface area contributed by atoms with Crippen molar-refractivity contribution in [3.05, 3.63) is 48.7 Å². The lowest BCUT2D eigenvalue weighted by atomic mass is 9.85. The molecule has 1 saturated heterocycles. The number of likely N-dealkylation sites (tertiary alicyclic amines) is 1. The Bertz CT molecular complexity index is 1850. The Morgan fingerprint density at radius 1 is 1.06 bits per heavy atom. The first-order chi connectivity index (χ1) is 24.3. The molecule has 4 atom stereocenters. The molecule has 1 aliphatic heterocycles. The standard InChI is InChI=1S/C36H48F3N5O8S/c1-9-10-17-35(8,31(47)43-53(49,50)22-15-16-22)42-29(45)25-18-21(51-26-19-27(36(37,38)39)40-24-14-12-11-13-23(24)26)20-44(25)30(46)28(33(2,3)4)41-32(48)52-34(5,6)7/h9,11-14,19,21-22,25,28H,1,10,15-18,20H2,2-8H3,(H,41,48)(H,42,45)(H,43,47)/t21-,25+,28-,35+/m1/s1. The summed E-state index contributed by atoms with van der Waals surface area (Å²) in [6, 6.07) is 4.16. The van der Waals surface area contributed by atoms with Gasteiger partial charge in [-0.15, -0.1) is 6.58 Å². The van der Waals surface area contributed by atoms with Gasteiger partial charge in [-0.2, -0.15) is 13.2 Å². The Hall–Kier alpha value is -4.41. The highest BCUT2D eigenvalue weighted by atomic mass is 32.2. The maximum Gasteiger partial charge on any atom is 0.433 e. The summed E-state index contributed by atoms with van der Waals surface area (Å²) in [6.07, 6.45) is -4.56. The second-order valence-electron chi connectivity index (χ2n) is 15.8. The van der Waals surface area contributed by atoms with E-state index in [-0.39, 0.29) is 42.5 Å². The van der Waals surface area contributed by atoms with Gasteiger partial charge in [0.15, 0.2) is 0 Å². The molecule has 0 bridgehead atoms. The summed E-state index contributed by atoms with van der Waals surface area (Å²) in [7, 11) is -4.00. The van der Waals surface area contributed by atoms with Gasteiger partial charge in [0.1, 0.15) is 40.8 Å². The molecule has 2 fully saturated rings. The number of ether oxygens (including phenoxy) is 2. The second-order valence-corrected chi connectivity index (χ2v) is 17.7. The summed E-state index contributed by atoms with van der Waals surface area (Å²) >= 11 is 0. The predicted octanol–water partition coefficient (Wildman–Crippen LogP) is 4.99. The number of amides is 4. The fourth-order valence-corrected chi connectivity index (χ4v) is 7.27. The normalized spacial score (nSPS) is 19.8. The number of sulfonamides is 1. The Kier molecular flexibility index (Phi) is 11.8. The highest BCUT2D eigenvalue weighted by Gasteiger charge is 2.49. The average molecular weight is 768 g/mol. The van der Waals surface area contributed by atoms with Crippen LogP contribution in [0.15, 0.2) is 43.0 Å². The Labute approximate surface area is 307 Å². The number of fused-ring (bicyclic) bond motifs is 1. The number of para-hydroxylation sites is 1. The predicted molar refractivity (Wildman–Crippen MR) is 190 cm³/mol. The molecule has 2 aliphatic rings. The zero-order valence-corrected chi connectivity index (χ0v) is 31.7. The minimum atomic E-state index is -4.81. The number of aromatic nitrogens is 1. The minimum absolute atomic E-state index is 0.0112. The molecule has 4 amide bonds. The van der Waals surface area contributed by atoms with E-state index in [0.717, 1.165) is 11.0 Å². The van der Waals surface area contributed by atoms with Crippen LogP contribution in [0.1, 0.15) is 86.3 Å². The van der Waals surface area contributed by atoms with E-state index in [9.17, 15) is 40.8 Å². The van der Waals surface area contributed by atoms with Crippen LogP contribution in [0, 0.1) is 5.41 Å². The van der Waals surface area contributed by atoms with Crippen LogP contribution in [0.25, 0.3) is 10.9 Å². The van der Waals surface area contributed by atoms with E-state index < -0.39 is 85.7 Å². The number of alkyl carbamates (subject to hydrolysis) is 1. The number of allylic oxidation sites excluding steroid dienone is 1. The monoisotopic (exact) mass is 767 g/mol. The van der Waals surface area contributed by atoms with E-state index in [1.807, 2.05) is 0 Å². The molecule has 0 unspecified atom stereocenters. The van der Waals surface area contributed by atoms with Gasteiger partial charge in [-0.05, 0) is 70.9 Å². The second kappa shape index (κ2) is 15.1. The number of rotatable bonds is 12. The van der Waals surface area contributed by atoms with Gasteiger partial charge in [0, 0.05) is 17.9 Å². The van der Waals surface area contributed by atoms with Crippen molar-refractivity contribution < 1.29 is 50.2 Å². The van der Waals surface area contributed by atoms with Gasteiger partial charge in [-0.1, -0.05) is 39.0 Å². The summed E-state index contributed by atoms with van der Waals surface area (Å²) in [5.74, 6) is -2.74. The highest BCUT2D eigenvalue weighted by Crippen LogP contribution is 2.36. The molecule has 2 heterocycles. The Morgan fingerprint density at radius 2 is 1.70 bits per heavy atom. The van der Waals surface area contributed by atoms with Crippen molar-refractivity contribution in [2.24, 2.45) is 5.41 Å². The average Bonchev–Trinajstić information content (AvgIpc) is 3.81. The first kappa shape index (κ1) is 41.3. The lowest BCUT2D eigenvalue weighted by Gasteiger charge is -2.36. The number of benzene rings is 1. The van der Waals surface area contributed by atoms with Crippen molar-refractivity contribution in [1.82, 2.24) is 25.2 Å². The van der Waals surface area contributed by atoms with Gasteiger partial charge in [0.2, 0.25) is 21.8 Å². The Morgan fingerprint density at radius 3 is 2.26 bits per heavy atom. The molecule has 4 rings (SSSR count). The van der Waals surface area contributed by atoms with Gasteiger partial charge in [-0.25, -0.2) is 18.2 Å². The number of carbonyl (C=O) groups is 4. The molecule has 292 valence electrons. The molecule has 53 heavy (non-hydrogen) atoms. The molecule has 3 N–H and O–H groups in total. The molecule has 2 aromatic rings. The van der Waals surface area contributed by atoms with Gasteiger partial charge in [-0.3, -0.25) is 19.1 Å². The van der Waals surface area contributed by atoms with Crippen molar-refractivity contribution in [3.63, 3.8) is 0 Å². The van der Waals surface area contributed by atoms with Gasteiger partial charge in [0.05, 0.1) is 17.3 Å². The number of hydrogen-bond acceptors (Lipinski definition) is 9. The zero-order chi connectivity index (χ0) is 39.7. The van der Waals surface area contributed by atoms with Crippen LogP contribution in [0.3, 0.4) is 0 Å². The lowest BCUT2D eigenvalue weighted by Crippen LogP contribution is -2.62. The van der Waals surface area contributed by atoms with Gasteiger partial charge >= 0.3 is 12.3 Å². The topological polar surface area (TPSA) is 173 Å². The number of alkyl halides is 3. The molecular weight excluding hydrogens is 719 g/mol. The number of nitrogens with zero attached hydrogens (tertiary/aromatic N) is 2. The van der Waals surface area contributed by atoms with E-state index in [1.54, 1.807) is 47.6 Å². The maximum atomic E-state index is 14.4. The molecular formula is C36H48F3N5O8S. The van der Waals surface area contributed by atoms with Crippen LogP contribution >= 0.6 is 0 Å². The van der Waals surface area contributed by atoms with Crippen LogP contribution < -0.4 is 20.1 Å². The van der Waals surface area contributed by atoms with Crippen LogP contribution in [-0.2, 0) is 35.3 Å². The minimum Gasteiger partial charge on any atom is -0.488 e. The lowest BCUT2D eigenvalue weighted by molar-refractivity contribution is -0.143. The quantitative estimate of drug-likeness (QED) is 0.252. The van der Waals surface area contributed by atoms with Crippen molar-refractivity contribution in [3.8, 4) is 5.75 Å². The molecule has 0 spiro atoms. The number of nitrogens with one attached hydrogen (secondary N) is 3. The highest BCUT2D eigenvalue weighted by molar-refractivity contribution is 7.91. The van der Waals surface area contributed by atoms with E-state index >= 15 is 0 Å². The molecule has 1 aromatic heterocycles. The van der Waals surface area contributed by atoms with E-state index in [0.29, 0.717) is 12.8 Å². The first-order valence-corrected chi connectivity index (χ1v) is 18.8. The third-order valence-electron chi connectivity index (χ3n) is 8.83. The van der Waals surface area contributed by atoms with Crippen molar-refractivity contribution in [2.75, 3.05) is 6.54 Å². The molecule has 1 aliphatic carbocycles. The first-order valence-electron chi connectivity index (χ1n) is 17.3. The van der Waals surface area contributed by atoms with Crippen LogP contribution in [0.4, 0.5) is 18.0 Å². The summed E-state index contributed by atoms with van der Waals surface area (Å²) < 4.78 is 80.6. The number of carbonyl (C=O) groups excluding carboxylic acids is 4. The van der Waals surface area contributed by atoms with Crippen LogP contribution in [0.5, 0.6) is 5.75 Å². The van der Waals surface area contributed by atoms with Gasteiger partial charge < -0.3 is 25.0 Å². The van der Waals surface area contributed by atoms with Crippen LogP contribution in [-0.4, -0.2) is 83.2 Å². The van der Waals surface area contributed by atoms with E-state index in [1.165, 1.54) is 31.2 Å². The molecule has 0 radical (unpaired) electrons. The molecule has 17 heteroatoms.